The van der Waals surface area contributed by atoms with Crippen LogP contribution in [-0.2, 0) is 4.79 Å². The average molecular weight is 230 g/mol. The van der Waals surface area contributed by atoms with Gasteiger partial charge >= 0.3 is 0 Å². The van der Waals surface area contributed by atoms with Crippen LogP contribution >= 0.6 is 23.4 Å². The molecular weight excluding hydrogens is 222 g/mol. The molecule has 2 heterocycles. The summed E-state index contributed by atoms with van der Waals surface area (Å²) in [7, 11) is 0. The lowest BCUT2D eigenvalue weighted by molar-refractivity contribution is -0.115. The van der Waals surface area contributed by atoms with Gasteiger partial charge in [-0.05, 0) is 18.0 Å². The number of carbonyl (C=O) groups excluding carboxylic acids is 1. The van der Waals surface area contributed by atoms with Gasteiger partial charge in [0.05, 0.1) is 17.1 Å². The normalized spacial score (nSPS) is 20.1. The minimum absolute atomic E-state index is 0.0101. The summed E-state index contributed by atoms with van der Waals surface area (Å²) in [6.07, 6.45) is 2.30. The van der Waals surface area contributed by atoms with Gasteiger partial charge in [0.25, 0.3) is 0 Å². The van der Waals surface area contributed by atoms with Crippen molar-refractivity contribution >= 4 is 35.0 Å². The summed E-state index contributed by atoms with van der Waals surface area (Å²) < 4.78 is 0. The van der Waals surface area contributed by atoms with Gasteiger partial charge in [-0.2, -0.15) is 0 Å². The molecule has 14 heavy (non-hydrogen) atoms. The number of hydrogen-bond acceptors (Lipinski definition) is 4. The van der Waals surface area contributed by atoms with Gasteiger partial charge in [-0.1, -0.05) is 18.7 Å². The second kappa shape index (κ2) is 3.74. The maximum atomic E-state index is 11.5. The number of amides is 1. The van der Waals surface area contributed by atoms with Crippen LogP contribution in [0.1, 0.15) is 13.3 Å². The van der Waals surface area contributed by atoms with Gasteiger partial charge in [0, 0.05) is 0 Å². The van der Waals surface area contributed by atoms with Gasteiger partial charge in [0.15, 0.2) is 0 Å². The second-order valence-electron chi connectivity index (χ2n) is 2.86. The third kappa shape index (κ3) is 1.69. The number of thioether (sulfide) groups is 1. The third-order valence-corrected chi connectivity index (χ3v) is 3.45. The molecule has 1 aliphatic heterocycles. The van der Waals surface area contributed by atoms with Gasteiger partial charge < -0.3 is 5.32 Å². The first kappa shape index (κ1) is 9.73. The second-order valence-corrected chi connectivity index (χ2v) is 4.39. The highest BCUT2D eigenvalue weighted by atomic mass is 35.5. The van der Waals surface area contributed by atoms with E-state index in [4.69, 9.17) is 11.6 Å². The van der Waals surface area contributed by atoms with Gasteiger partial charge in [0.2, 0.25) is 11.2 Å². The van der Waals surface area contributed by atoms with Crippen LogP contribution in [0.25, 0.3) is 0 Å². The molecule has 1 aliphatic rings. The molecule has 1 atom stereocenters. The molecule has 74 valence electrons. The SMILES string of the molecule is CCC1Sc2nc(Cl)ncc2NC1=O. The van der Waals surface area contributed by atoms with E-state index < -0.39 is 0 Å². The molecule has 0 radical (unpaired) electrons. The number of hydrogen-bond donors (Lipinski definition) is 1. The molecule has 0 aromatic carbocycles. The van der Waals surface area contributed by atoms with E-state index in [9.17, 15) is 4.79 Å². The van der Waals surface area contributed by atoms with Crippen molar-refractivity contribution in [3.63, 3.8) is 0 Å². The molecule has 1 aromatic heterocycles. The Kier molecular flexibility index (Phi) is 2.60. The van der Waals surface area contributed by atoms with Crippen molar-refractivity contribution in [3.8, 4) is 0 Å². The summed E-state index contributed by atoms with van der Waals surface area (Å²) in [4.78, 5) is 19.3. The number of nitrogens with zero attached hydrogens (tertiary/aromatic N) is 2. The van der Waals surface area contributed by atoms with E-state index in [1.807, 2.05) is 6.92 Å². The largest absolute Gasteiger partial charge is 0.322 e. The number of nitrogens with one attached hydrogen (secondary N) is 1. The summed E-state index contributed by atoms with van der Waals surface area (Å²) in [5.41, 5.74) is 0.647. The number of halogens is 1. The maximum Gasteiger partial charge on any atom is 0.238 e. The molecule has 0 fully saturated rings. The molecule has 6 heteroatoms. The van der Waals surface area contributed by atoms with Crippen molar-refractivity contribution in [3.05, 3.63) is 11.5 Å². The predicted molar refractivity (Wildman–Crippen MR) is 55.6 cm³/mol. The third-order valence-electron chi connectivity index (χ3n) is 1.90. The lowest BCUT2D eigenvalue weighted by atomic mass is 10.3. The molecule has 1 N–H and O–H groups in total. The minimum atomic E-state index is -0.0755. The first-order valence-electron chi connectivity index (χ1n) is 4.20. The molecule has 1 unspecified atom stereocenters. The van der Waals surface area contributed by atoms with Crippen LogP contribution in [-0.4, -0.2) is 21.1 Å². The van der Waals surface area contributed by atoms with Crippen molar-refractivity contribution < 1.29 is 4.79 Å². The zero-order chi connectivity index (χ0) is 10.1. The monoisotopic (exact) mass is 229 g/mol. The Morgan fingerprint density at radius 3 is 3.21 bits per heavy atom. The van der Waals surface area contributed by atoms with Gasteiger partial charge in [-0.3, -0.25) is 4.79 Å². The van der Waals surface area contributed by atoms with Crippen LogP contribution < -0.4 is 5.32 Å². The summed E-state index contributed by atoms with van der Waals surface area (Å²) in [6, 6.07) is 0. The molecule has 0 aliphatic carbocycles. The fourth-order valence-corrected chi connectivity index (χ4v) is 2.35. The van der Waals surface area contributed by atoms with E-state index in [0.717, 1.165) is 11.4 Å². The van der Waals surface area contributed by atoms with Gasteiger partial charge in [0.1, 0.15) is 5.03 Å². The van der Waals surface area contributed by atoms with Gasteiger partial charge in [-0.25, -0.2) is 9.97 Å². The number of carbonyl (C=O) groups is 1. The summed E-state index contributed by atoms with van der Waals surface area (Å²) in [6.45, 7) is 1.96. The van der Waals surface area contributed by atoms with Crippen molar-refractivity contribution in [1.29, 1.82) is 0 Å². The van der Waals surface area contributed by atoms with E-state index in [2.05, 4.69) is 15.3 Å². The minimum Gasteiger partial charge on any atom is -0.322 e. The standard InChI is InChI=1S/C8H8ClN3OS/c1-2-5-6(13)11-4-3-10-8(9)12-7(4)14-5/h3,5H,2H2,1H3,(H,11,13). The highest BCUT2D eigenvalue weighted by Gasteiger charge is 2.26. The van der Waals surface area contributed by atoms with E-state index in [-0.39, 0.29) is 16.4 Å². The van der Waals surface area contributed by atoms with E-state index in [1.54, 1.807) is 0 Å². The smallest absolute Gasteiger partial charge is 0.238 e. The molecule has 0 spiro atoms. The van der Waals surface area contributed by atoms with Crippen LogP contribution in [0.2, 0.25) is 5.28 Å². The Morgan fingerprint density at radius 1 is 1.71 bits per heavy atom. The number of aromatic nitrogens is 2. The number of anilines is 1. The Morgan fingerprint density at radius 2 is 2.50 bits per heavy atom. The zero-order valence-corrected chi connectivity index (χ0v) is 9.02. The lowest BCUT2D eigenvalue weighted by Gasteiger charge is -2.21. The van der Waals surface area contributed by atoms with Crippen LogP contribution in [0.4, 0.5) is 5.69 Å². The van der Waals surface area contributed by atoms with E-state index in [1.165, 1.54) is 18.0 Å². The molecule has 1 aromatic rings. The highest BCUT2D eigenvalue weighted by molar-refractivity contribution is 8.00. The molecule has 2 rings (SSSR count). The van der Waals surface area contributed by atoms with Crippen LogP contribution in [0.15, 0.2) is 11.2 Å². The quantitative estimate of drug-likeness (QED) is 0.591. The summed E-state index contributed by atoms with van der Waals surface area (Å²) >= 11 is 7.09. The Hall–Kier alpha value is -0.810. The van der Waals surface area contributed by atoms with Crippen molar-refractivity contribution in [1.82, 2.24) is 9.97 Å². The fourth-order valence-electron chi connectivity index (χ4n) is 1.19. The Labute approximate surface area is 90.5 Å². The molecule has 1 amide bonds. The van der Waals surface area contributed by atoms with E-state index in [0.29, 0.717) is 5.69 Å². The van der Waals surface area contributed by atoms with Crippen LogP contribution in [0.3, 0.4) is 0 Å². The number of rotatable bonds is 1. The predicted octanol–water partition coefficient (Wildman–Crippen LogP) is 1.95. The molecule has 0 saturated heterocycles. The maximum absolute atomic E-state index is 11.5. The topological polar surface area (TPSA) is 54.9 Å². The average Bonchev–Trinajstić information content (AvgIpc) is 2.17. The summed E-state index contributed by atoms with van der Waals surface area (Å²) in [5.74, 6) is 0.0101. The first-order valence-corrected chi connectivity index (χ1v) is 5.46. The molecule has 0 saturated carbocycles. The summed E-state index contributed by atoms with van der Waals surface area (Å²) in [5, 5.41) is 3.63. The molecule has 0 bridgehead atoms. The molecular formula is C8H8ClN3OS. The Bertz CT molecular complexity index is 385. The highest BCUT2D eigenvalue weighted by Crippen LogP contribution is 2.35. The fraction of sp³-hybridized carbons (Fsp3) is 0.375. The zero-order valence-electron chi connectivity index (χ0n) is 7.45. The first-order chi connectivity index (χ1) is 6.70. The lowest BCUT2D eigenvalue weighted by Crippen LogP contribution is -2.28. The van der Waals surface area contributed by atoms with Crippen LogP contribution in [0, 0.1) is 0 Å². The van der Waals surface area contributed by atoms with Crippen LogP contribution in [0.5, 0.6) is 0 Å². The van der Waals surface area contributed by atoms with Crippen molar-refractivity contribution in [2.24, 2.45) is 0 Å². The van der Waals surface area contributed by atoms with Gasteiger partial charge in [-0.15, -0.1) is 0 Å². The van der Waals surface area contributed by atoms with E-state index >= 15 is 0 Å². The van der Waals surface area contributed by atoms with Crippen molar-refractivity contribution in [2.75, 3.05) is 5.32 Å². The molecule has 4 nitrogen and oxygen atoms in total. The van der Waals surface area contributed by atoms with Crippen molar-refractivity contribution in [2.45, 2.75) is 23.6 Å². The Balaban J connectivity index is 2.36. The number of fused-ring (bicyclic) bond motifs is 1.